The highest BCUT2D eigenvalue weighted by Crippen LogP contribution is 2.22. The van der Waals surface area contributed by atoms with Crippen LogP contribution in [0.25, 0.3) is 0 Å². The zero-order valence-electron chi connectivity index (χ0n) is 10.7. The second-order valence-corrected chi connectivity index (χ2v) is 5.58. The lowest BCUT2D eigenvalue weighted by Crippen LogP contribution is -2.06. The summed E-state index contributed by atoms with van der Waals surface area (Å²) in [5.41, 5.74) is 2.70. The van der Waals surface area contributed by atoms with E-state index in [0.29, 0.717) is 5.41 Å². The molecule has 2 heteroatoms. The normalized spacial score (nSPS) is 13.5. The fraction of sp³-hybridized carbons (Fsp3) is 0.571. The van der Waals surface area contributed by atoms with Gasteiger partial charge >= 0.3 is 0 Å². The van der Waals surface area contributed by atoms with E-state index in [1.807, 2.05) is 19.1 Å². The van der Waals surface area contributed by atoms with E-state index >= 15 is 0 Å². The maximum absolute atomic E-state index is 10.4. The molecule has 0 aliphatic rings. The summed E-state index contributed by atoms with van der Waals surface area (Å²) in [6.07, 6.45) is 2.26. The lowest BCUT2D eigenvalue weighted by Gasteiger charge is -2.17. The fourth-order valence-electron chi connectivity index (χ4n) is 1.54. The maximum Gasteiger partial charge on any atom is 0.114 e. The molecule has 1 rings (SSSR count). The second kappa shape index (κ2) is 5.24. The molecule has 0 heterocycles. The van der Waals surface area contributed by atoms with E-state index in [9.17, 15) is 4.91 Å². The molecule has 0 radical (unpaired) electrons. The molecule has 16 heavy (non-hydrogen) atoms. The van der Waals surface area contributed by atoms with Gasteiger partial charge in [-0.3, -0.25) is 0 Å². The predicted molar refractivity (Wildman–Crippen MR) is 68.4 cm³/mol. The molecule has 1 atom stereocenters. The SMILES string of the molecule is CC(N=O)c1ccc(CCC(C)(C)C)cc1. The third kappa shape index (κ3) is 4.13. The van der Waals surface area contributed by atoms with Crippen molar-refractivity contribution in [3.05, 3.63) is 40.3 Å². The van der Waals surface area contributed by atoms with Crippen LogP contribution in [0.4, 0.5) is 0 Å². The Kier molecular flexibility index (Phi) is 4.22. The summed E-state index contributed by atoms with van der Waals surface area (Å²) < 4.78 is 0. The van der Waals surface area contributed by atoms with E-state index < -0.39 is 0 Å². The van der Waals surface area contributed by atoms with Crippen LogP contribution in [-0.4, -0.2) is 0 Å². The molecule has 0 aliphatic heterocycles. The summed E-state index contributed by atoms with van der Waals surface area (Å²) in [7, 11) is 0. The van der Waals surface area contributed by atoms with Gasteiger partial charge in [-0.1, -0.05) is 50.2 Å². The van der Waals surface area contributed by atoms with E-state index in [4.69, 9.17) is 0 Å². The van der Waals surface area contributed by atoms with Gasteiger partial charge in [0.2, 0.25) is 0 Å². The van der Waals surface area contributed by atoms with Crippen molar-refractivity contribution in [2.24, 2.45) is 10.6 Å². The molecule has 1 aromatic carbocycles. The standard InChI is InChI=1S/C14H21NO/c1-11(15-16)13-7-5-12(6-8-13)9-10-14(2,3)4/h5-8,11H,9-10H2,1-4H3. The minimum atomic E-state index is -0.239. The number of nitrogens with zero attached hydrogens (tertiary/aromatic N) is 1. The summed E-state index contributed by atoms with van der Waals surface area (Å²) in [5.74, 6) is 0. The van der Waals surface area contributed by atoms with Crippen LogP contribution in [0.1, 0.15) is 51.3 Å². The van der Waals surface area contributed by atoms with Gasteiger partial charge in [0.15, 0.2) is 0 Å². The van der Waals surface area contributed by atoms with Crippen LogP contribution in [0.15, 0.2) is 29.4 Å². The summed E-state index contributed by atoms with van der Waals surface area (Å²) in [4.78, 5) is 10.4. The molecule has 1 aromatic rings. The number of aryl methyl sites for hydroxylation is 1. The van der Waals surface area contributed by atoms with E-state index in [-0.39, 0.29) is 6.04 Å². The number of rotatable bonds is 4. The van der Waals surface area contributed by atoms with Crippen LogP contribution in [-0.2, 0) is 6.42 Å². The Labute approximate surface area is 98.0 Å². The molecule has 0 saturated heterocycles. The van der Waals surface area contributed by atoms with Crippen molar-refractivity contribution >= 4 is 0 Å². The van der Waals surface area contributed by atoms with Gasteiger partial charge in [0.25, 0.3) is 0 Å². The van der Waals surface area contributed by atoms with Gasteiger partial charge < -0.3 is 0 Å². The lowest BCUT2D eigenvalue weighted by molar-refractivity contribution is 0.378. The van der Waals surface area contributed by atoms with Gasteiger partial charge in [-0.2, -0.15) is 4.91 Å². The Hall–Kier alpha value is -1.18. The average Bonchev–Trinajstić information content (AvgIpc) is 2.25. The monoisotopic (exact) mass is 219 g/mol. The first kappa shape index (κ1) is 12.9. The minimum absolute atomic E-state index is 0.239. The molecule has 0 spiro atoms. The lowest BCUT2D eigenvalue weighted by atomic mass is 9.88. The van der Waals surface area contributed by atoms with E-state index in [1.165, 1.54) is 12.0 Å². The van der Waals surface area contributed by atoms with Crippen molar-refractivity contribution < 1.29 is 0 Å². The first-order chi connectivity index (χ1) is 7.42. The largest absolute Gasteiger partial charge is 0.150 e. The molecule has 88 valence electrons. The van der Waals surface area contributed by atoms with Gasteiger partial charge in [-0.15, -0.1) is 0 Å². The molecule has 0 aromatic heterocycles. The van der Waals surface area contributed by atoms with Crippen molar-refractivity contribution in [2.75, 3.05) is 0 Å². The Morgan fingerprint density at radius 1 is 1.19 bits per heavy atom. The summed E-state index contributed by atoms with van der Waals surface area (Å²) in [6, 6.07) is 7.97. The maximum atomic E-state index is 10.4. The van der Waals surface area contributed by atoms with Crippen LogP contribution in [0.5, 0.6) is 0 Å². The summed E-state index contributed by atoms with van der Waals surface area (Å²) in [6.45, 7) is 8.57. The zero-order chi connectivity index (χ0) is 12.2. The number of hydrogen-bond acceptors (Lipinski definition) is 2. The van der Waals surface area contributed by atoms with Crippen LogP contribution in [0.3, 0.4) is 0 Å². The molecular weight excluding hydrogens is 198 g/mol. The van der Waals surface area contributed by atoms with Crippen LogP contribution in [0.2, 0.25) is 0 Å². The molecule has 0 bridgehead atoms. The average molecular weight is 219 g/mol. The number of benzene rings is 1. The van der Waals surface area contributed by atoms with Gasteiger partial charge in [-0.05, 0) is 36.3 Å². The molecule has 0 fully saturated rings. The van der Waals surface area contributed by atoms with Crippen LogP contribution in [0, 0.1) is 10.3 Å². The highest BCUT2D eigenvalue weighted by atomic mass is 16.3. The van der Waals surface area contributed by atoms with Crippen LogP contribution >= 0.6 is 0 Å². The van der Waals surface area contributed by atoms with Crippen molar-refractivity contribution in [3.63, 3.8) is 0 Å². The molecule has 0 aliphatic carbocycles. The molecule has 0 amide bonds. The molecular formula is C14H21NO. The van der Waals surface area contributed by atoms with Crippen molar-refractivity contribution in [1.29, 1.82) is 0 Å². The van der Waals surface area contributed by atoms with Crippen molar-refractivity contribution in [1.82, 2.24) is 0 Å². The first-order valence-corrected chi connectivity index (χ1v) is 5.84. The Morgan fingerprint density at radius 2 is 1.75 bits per heavy atom. The molecule has 0 saturated carbocycles. The summed E-state index contributed by atoms with van der Waals surface area (Å²) in [5, 5.41) is 3.02. The first-order valence-electron chi connectivity index (χ1n) is 5.84. The van der Waals surface area contributed by atoms with Gasteiger partial charge in [0.1, 0.15) is 6.04 Å². The van der Waals surface area contributed by atoms with Crippen molar-refractivity contribution in [2.45, 2.75) is 46.6 Å². The number of hydrogen-bond donors (Lipinski definition) is 0. The van der Waals surface area contributed by atoms with Crippen LogP contribution < -0.4 is 0 Å². The molecule has 2 nitrogen and oxygen atoms in total. The summed E-state index contributed by atoms with van der Waals surface area (Å²) >= 11 is 0. The number of nitroso groups, excluding NO2 is 1. The Morgan fingerprint density at radius 3 is 2.19 bits per heavy atom. The van der Waals surface area contributed by atoms with Gasteiger partial charge in [-0.25, -0.2) is 0 Å². The predicted octanol–water partition coefficient (Wildman–Crippen LogP) is 4.49. The minimum Gasteiger partial charge on any atom is -0.150 e. The molecule has 1 unspecified atom stereocenters. The fourth-order valence-corrected chi connectivity index (χ4v) is 1.54. The highest BCUT2D eigenvalue weighted by molar-refractivity contribution is 5.24. The van der Waals surface area contributed by atoms with E-state index in [0.717, 1.165) is 12.0 Å². The molecule has 0 N–H and O–H groups in total. The third-order valence-electron chi connectivity index (χ3n) is 2.78. The van der Waals surface area contributed by atoms with Gasteiger partial charge in [0, 0.05) is 0 Å². The smallest absolute Gasteiger partial charge is 0.114 e. The second-order valence-electron chi connectivity index (χ2n) is 5.58. The Bertz CT molecular complexity index is 335. The topological polar surface area (TPSA) is 29.4 Å². The van der Waals surface area contributed by atoms with E-state index in [1.54, 1.807) is 0 Å². The quantitative estimate of drug-likeness (QED) is 0.686. The van der Waals surface area contributed by atoms with Crippen molar-refractivity contribution in [3.8, 4) is 0 Å². The Balaban J connectivity index is 2.61. The third-order valence-corrected chi connectivity index (χ3v) is 2.78. The highest BCUT2D eigenvalue weighted by Gasteiger charge is 2.10. The van der Waals surface area contributed by atoms with Gasteiger partial charge in [0.05, 0.1) is 0 Å². The zero-order valence-corrected chi connectivity index (χ0v) is 10.7. The van der Waals surface area contributed by atoms with E-state index in [2.05, 4.69) is 38.1 Å².